The third kappa shape index (κ3) is 5.48. The number of ether oxygens (including phenoxy) is 2. The van der Waals surface area contributed by atoms with Gasteiger partial charge >= 0.3 is 0 Å². The maximum absolute atomic E-state index is 12.4. The molecule has 1 N–H and O–H groups in total. The second-order valence-electron chi connectivity index (χ2n) is 8.71. The molecule has 0 unspecified atom stereocenters. The summed E-state index contributed by atoms with van der Waals surface area (Å²) in [6.07, 6.45) is 11.3. The number of benzene rings is 2. The number of carbonyl (C=O) groups is 1. The topological polar surface area (TPSA) is 60.5 Å². The van der Waals surface area contributed by atoms with Gasteiger partial charge in [0, 0.05) is 24.4 Å². The standard InChI is InChI=1S/C29H32N2O3/c1-33-26-12-5-10-23(18-26)29(24-11-6-13-27(19-24)34-2)20-25(29)14-15-28(32)31-17-4-3-8-22-9-7-16-30-21-22/h5-7,9-16,18-19,21,25H,3-4,8,17,20H2,1-2H3,(H,31,32)/b15-14+/t25-/m1/s1. The van der Waals surface area contributed by atoms with E-state index >= 15 is 0 Å². The van der Waals surface area contributed by atoms with Crippen molar-refractivity contribution in [3.63, 3.8) is 0 Å². The van der Waals surface area contributed by atoms with Crippen molar-refractivity contribution in [1.29, 1.82) is 0 Å². The lowest BCUT2D eigenvalue weighted by Gasteiger charge is -2.20. The minimum absolute atomic E-state index is 0.0431. The van der Waals surface area contributed by atoms with Crippen LogP contribution in [-0.4, -0.2) is 31.7 Å². The number of pyridine rings is 1. The van der Waals surface area contributed by atoms with Gasteiger partial charge in [-0.1, -0.05) is 36.4 Å². The van der Waals surface area contributed by atoms with Crippen molar-refractivity contribution in [2.75, 3.05) is 20.8 Å². The van der Waals surface area contributed by atoms with Crippen LogP contribution in [0.3, 0.4) is 0 Å². The lowest BCUT2D eigenvalue weighted by Crippen LogP contribution is -2.22. The van der Waals surface area contributed by atoms with Crippen molar-refractivity contribution in [2.24, 2.45) is 5.92 Å². The van der Waals surface area contributed by atoms with E-state index in [1.165, 1.54) is 16.7 Å². The first-order chi connectivity index (χ1) is 16.7. The van der Waals surface area contributed by atoms with Crippen LogP contribution >= 0.6 is 0 Å². The molecule has 1 heterocycles. The maximum Gasteiger partial charge on any atom is 0.243 e. The van der Waals surface area contributed by atoms with E-state index in [2.05, 4.69) is 40.6 Å². The number of allylic oxidation sites excluding steroid dienone is 1. The Balaban J connectivity index is 1.38. The molecular formula is C29H32N2O3. The summed E-state index contributed by atoms with van der Waals surface area (Å²) < 4.78 is 10.9. The first-order valence-corrected chi connectivity index (χ1v) is 11.8. The molecule has 1 fully saturated rings. The normalized spacial score (nSPS) is 16.2. The second-order valence-corrected chi connectivity index (χ2v) is 8.71. The van der Waals surface area contributed by atoms with Gasteiger partial charge in [-0.05, 0) is 84.7 Å². The fourth-order valence-electron chi connectivity index (χ4n) is 4.63. The van der Waals surface area contributed by atoms with Gasteiger partial charge in [0.15, 0.2) is 0 Å². The zero-order valence-electron chi connectivity index (χ0n) is 19.9. The highest BCUT2D eigenvalue weighted by molar-refractivity contribution is 5.87. The van der Waals surface area contributed by atoms with Crippen LogP contribution in [0.1, 0.15) is 36.0 Å². The predicted molar refractivity (Wildman–Crippen MR) is 134 cm³/mol. The van der Waals surface area contributed by atoms with E-state index < -0.39 is 0 Å². The maximum atomic E-state index is 12.4. The van der Waals surface area contributed by atoms with Gasteiger partial charge < -0.3 is 14.8 Å². The monoisotopic (exact) mass is 456 g/mol. The van der Waals surface area contributed by atoms with Crippen molar-refractivity contribution >= 4 is 5.91 Å². The van der Waals surface area contributed by atoms with Crippen molar-refractivity contribution in [3.05, 3.63) is 102 Å². The number of aromatic nitrogens is 1. The molecule has 5 nitrogen and oxygen atoms in total. The molecule has 1 atom stereocenters. The molecule has 5 heteroatoms. The first kappa shape index (κ1) is 23.6. The molecule has 0 bridgehead atoms. The smallest absolute Gasteiger partial charge is 0.243 e. The van der Waals surface area contributed by atoms with Crippen LogP contribution < -0.4 is 14.8 Å². The molecule has 34 heavy (non-hydrogen) atoms. The number of unbranched alkanes of at least 4 members (excludes halogenated alkanes) is 1. The molecule has 0 spiro atoms. The van der Waals surface area contributed by atoms with Crippen molar-refractivity contribution in [3.8, 4) is 11.5 Å². The molecule has 1 aliphatic carbocycles. The first-order valence-electron chi connectivity index (χ1n) is 11.8. The van der Waals surface area contributed by atoms with Crippen LogP contribution in [0.25, 0.3) is 0 Å². The number of hydrogen-bond acceptors (Lipinski definition) is 4. The van der Waals surface area contributed by atoms with E-state index in [9.17, 15) is 4.79 Å². The lowest BCUT2D eigenvalue weighted by atomic mass is 9.85. The zero-order chi connectivity index (χ0) is 23.8. The van der Waals surface area contributed by atoms with E-state index in [4.69, 9.17) is 9.47 Å². The average molecular weight is 457 g/mol. The summed E-state index contributed by atoms with van der Waals surface area (Å²) in [6, 6.07) is 20.5. The van der Waals surface area contributed by atoms with Gasteiger partial charge in [0.1, 0.15) is 11.5 Å². The van der Waals surface area contributed by atoms with Crippen molar-refractivity contribution < 1.29 is 14.3 Å². The van der Waals surface area contributed by atoms with Crippen molar-refractivity contribution in [1.82, 2.24) is 10.3 Å². The minimum atomic E-state index is -0.191. The highest BCUT2D eigenvalue weighted by Crippen LogP contribution is 2.60. The summed E-state index contributed by atoms with van der Waals surface area (Å²) >= 11 is 0. The Morgan fingerprint density at radius 3 is 2.35 bits per heavy atom. The Hall–Kier alpha value is -3.60. The largest absolute Gasteiger partial charge is 0.497 e. The fraction of sp³-hybridized carbons (Fsp3) is 0.310. The molecule has 3 aromatic rings. The Morgan fingerprint density at radius 2 is 1.74 bits per heavy atom. The van der Waals surface area contributed by atoms with Gasteiger partial charge in [-0.3, -0.25) is 9.78 Å². The van der Waals surface area contributed by atoms with Gasteiger partial charge in [-0.15, -0.1) is 0 Å². The van der Waals surface area contributed by atoms with Gasteiger partial charge in [-0.2, -0.15) is 0 Å². The van der Waals surface area contributed by atoms with E-state index in [0.29, 0.717) is 6.54 Å². The summed E-state index contributed by atoms with van der Waals surface area (Å²) in [5.41, 5.74) is 3.41. The number of methoxy groups -OCH3 is 2. The molecule has 0 aliphatic heterocycles. The van der Waals surface area contributed by atoms with Crippen LogP contribution in [0, 0.1) is 5.92 Å². The van der Waals surface area contributed by atoms with Crippen LogP contribution in [0.4, 0.5) is 0 Å². The molecule has 176 valence electrons. The molecule has 4 rings (SSSR count). The number of aryl methyl sites for hydroxylation is 1. The lowest BCUT2D eigenvalue weighted by molar-refractivity contribution is -0.116. The Bertz CT molecular complexity index is 1080. The summed E-state index contributed by atoms with van der Waals surface area (Å²) in [5, 5.41) is 3.01. The number of nitrogens with zero attached hydrogens (tertiary/aromatic N) is 1. The van der Waals surface area contributed by atoms with Crippen molar-refractivity contribution in [2.45, 2.75) is 31.1 Å². The summed E-state index contributed by atoms with van der Waals surface area (Å²) in [4.78, 5) is 16.6. The quantitative estimate of drug-likeness (QED) is 0.322. The van der Waals surface area contributed by atoms with Crippen LogP contribution in [0.2, 0.25) is 0 Å². The molecule has 1 aromatic heterocycles. The highest BCUT2D eigenvalue weighted by atomic mass is 16.5. The van der Waals surface area contributed by atoms with Gasteiger partial charge in [0.05, 0.1) is 14.2 Å². The molecule has 0 radical (unpaired) electrons. The summed E-state index contributed by atoms with van der Waals surface area (Å²) in [5.74, 6) is 1.85. The summed E-state index contributed by atoms with van der Waals surface area (Å²) in [7, 11) is 3.37. The molecule has 2 aromatic carbocycles. The average Bonchev–Trinajstić information content (AvgIpc) is 3.63. The van der Waals surface area contributed by atoms with E-state index in [-0.39, 0.29) is 17.2 Å². The van der Waals surface area contributed by atoms with Crippen LogP contribution in [0.15, 0.2) is 85.2 Å². The number of amides is 1. The SMILES string of the molecule is COc1cccc(C2(c3cccc(OC)c3)C[C@H]2/C=C/C(=O)NCCCCc2cccnc2)c1. The van der Waals surface area contributed by atoms with E-state index in [1.54, 1.807) is 26.5 Å². The Kier molecular flexibility index (Phi) is 7.63. The third-order valence-electron chi connectivity index (χ3n) is 6.58. The highest BCUT2D eigenvalue weighted by Gasteiger charge is 2.55. The third-order valence-corrected chi connectivity index (χ3v) is 6.58. The number of rotatable bonds is 11. The molecule has 1 aliphatic rings. The molecular weight excluding hydrogens is 424 g/mol. The van der Waals surface area contributed by atoms with Crippen LogP contribution in [-0.2, 0) is 16.6 Å². The number of hydrogen-bond donors (Lipinski definition) is 1. The minimum Gasteiger partial charge on any atom is -0.497 e. The zero-order valence-corrected chi connectivity index (χ0v) is 19.9. The second kappa shape index (κ2) is 11.0. The molecule has 0 saturated heterocycles. The summed E-state index contributed by atoms with van der Waals surface area (Å²) in [6.45, 7) is 0.672. The molecule has 1 saturated carbocycles. The predicted octanol–water partition coefficient (Wildman–Crippen LogP) is 5.10. The Labute approximate surface area is 201 Å². The Morgan fingerprint density at radius 1 is 1.03 bits per heavy atom. The number of nitrogens with one attached hydrogen (secondary N) is 1. The van der Waals surface area contributed by atoms with Gasteiger partial charge in [0.25, 0.3) is 0 Å². The fourth-order valence-corrected chi connectivity index (χ4v) is 4.63. The van der Waals surface area contributed by atoms with E-state index in [0.717, 1.165) is 37.2 Å². The van der Waals surface area contributed by atoms with Crippen LogP contribution in [0.5, 0.6) is 11.5 Å². The molecule has 1 amide bonds. The van der Waals surface area contributed by atoms with E-state index in [1.807, 2.05) is 42.6 Å². The number of carbonyl (C=O) groups excluding carboxylic acids is 1. The van der Waals surface area contributed by atoms with Gasteiger partial charge in [0.2, 0.25) is 5.91 Å². The van der Waals surface area contributed by atoms with Gasteiger partial charge in [-0.25, -0.2) is 0 Å².